The summed E-state index contributed by atoms with van der Waals surface area (Å²) in [4.78, 5) is 25.8. The second-order valence-corrected chi connectivity index (χ2v) is 6.30. The molecule has 0 spiro atoms. The van der Waals surface area contributed by atoms with Crippen molar-refractivity contribution in [3.63, 3.8) is 0 Å². The standard InChI is InChI=1S/C18H27N3O2/c1-3-5-17(22)20-16-7-4-6-15(12-16)19-13-18(23)21-10-8-14(2)9-11-21/h4,6-7,12,14,19H,3,5,8-11,13H2,1-2H3,(H,20,22). The van der Waals surface area contributed by atoms with E-state index in [-0.39, 0.29) is 11.8 Å². The number of piperidine rings is 1. The molecule has 0 unspecified atom stereocenters. The molecule has 1 fully saturated rings. The quantitative estimate of drug-likeness (QED) is 0.847. The first kappa shape index (κ1) is 17.3. The Bertz CT molecular complexity index is 537. The number of hydrogen-bond acceptors (Lipinski definition) is 3. The molecular formula is C18H27N3O2. The lowest BCUT2D eigenvalue weighted by Gasteiger charge is -2.30. The average molecular weight is 317 g/mol. The Morgan fingerprint density at radius 2 is 1.91 bits per heavy atom. The second kappa shape index (κ2) is 8.56. The number of hydrogen-bond donors (Lipinski definition) is 2. The van der Waals surface area contributed by atoms with Crippen molar-refractivity contribution in [2.45, 2.75) is 39.5 Å². The summed E-state index contributed by atoms with van der Waals surface area (Å²) in [5.74, 6) is 0.871. The molecule has 1 aliphatic heterocycles. The molecule has 2 amide bonds. The Hall–Kier alpha value is -2.04. The number of carbonyl (C=O) groups excluding carboxylic acids is 2. The topological polar surface area (TPSA) is 61.4 Å². The van der Waals surface area contributed by atoms with Gasteiger partial charge in [0.05, 0.1) is 6.54 Å². The molecule has 2 rings (SSSR count). The number of nitrogens with one attached hydrogen (secondary N) is 2. The van der Waals surface area contributed by atoms with E-state index in [9.17, 15) is 9.59 Å². The van der Waals surface area contributed by atoms with E-state index in [2.05, 4.69) is 17.6 Å². The number of rotatable bonds is 6. The molecule has 5 nitrogen and oxygen atoms in total. The van der Waals surface area contributed by atoms with Gasteiger partial charge in [-0.15, -0.1) is 0 Å². The van der Waals surface area contributed by atoms with Crippen LogP contribution in [-0.2, 0) is 9.59 Å². The zero-order valence-corrected chi connectivity index (χ0v) is 14.1. The fraction of sp³-hybridized carbons (Fsp3) is 0.556. The third-order valence-electron chi connectivity index (χ3n) is 4.20. The van der Waals surface area contributed by atoms with E-state index < -0.39 is 0 Å². The molecule has 0 saturated carbocycles. The maximum atomic E-state index is 12.2. The molecule has 2 N–H and O–H groups in total. The van der Waals surface area contributed by atoms with Gasteiger partial charge in [0.1, 0.15) is 0 Å². The number of likely N-dealkylation sites (tertiary alicyclic amines) is 1. The Labute approximate surface area is 138 Å². The third kappa shape index (κ3) is 5.58. The van der Waals surface area contributed by atoms with Gasteiger partial charge in [0.2, 0.25) is 11.8 Å². The lowest BCUT2D eigenvalue weighted by molar-refractivity contribution is -0.130. The minimum absolute atomic E-state index is 0.0168. The van der Waals surface area contributed by atoms with Crippen molar-refractivity contribution >= 4 is 23.2 Å². The molecule has 1 heterocycles. The van der Waals surface area contributed by atoms with Gasteiger partial charge in [-0.05, 0) is 43.4 Å². The van der Waals surface area contributed by atoms with Crippen molar-refractivity contribution in [1.29, 1.82) is 0 Å². The smallest absolute Gasteiger partial charge is 0.241 e. The van der Waals surface area contributed by atoms with E-state index in [4.69, 9.17) is 0 Å². The van der Waals surface area contributed by atoms with Gasteiger partial charge in [0, 0.05) is 30.9 Å². The average Bonchev–Trinajstić information content (AvgIpc) is 2.54. The largest absolute Gasteiger partial charge is 0.376 e. The highest BCUT2D eigenvalue weighted by Gasteiger charge is 2.19. The Morgan fingerprint density at radius 3 is 2.61 bits per heavy atom. The van der Waals surface area contributed by atoms with Gasteiger partial charge < -0.3 is 15.5 Å². The molecule has 1 saturated heterocycles. The molecule has 1 aromatic carbocycles. The minimum Gasteiger partial charge on any atom is -0.376 e. The van der Waals surface area contributed by atoms with Crippen LogP contribution in [-0.4, -0.2) is 36.3 Å². The van der Waals surface area contributed by atoms with Crippen LogP contribution in [0.4, 0.5) is 11.4 Å². The van der Waals surface area contributed by atoms with Crippen LogP contribution in [0.3, 0.4) is 0 Å². The summed E-state index contributed by atoms with van der Waals surface area (Å²) < 4.78 is 0. The highest BCUT2D eigenvalue weighted by molar-refractivity contribution is 5.91. The fourth-order valence-corrected chi connectivity index (χ4v) is 2.70. The second-order valence-electron chi connectivity index (χ2n) is 6.30. The fourth-order valence-electron chi connectivity index (χ4n) is 2.70. The number of amides is 2. The highest BCUT2D eigenvalue weighted by atomic mass is 16.2. The molecule has 1 aliphatic rings. The summed E-state index contributed by atoms with van der Waals surface area (Å²) in [6.07, 6.45) is 3.52. The van der Waals surface area contributed by atoms with Crippen LogP contribution in [0, 0.1) is 5.92 Å². The van der Waals surface area contributed by atoms with Crippen LogP contribution in [0.15, 0.2) is 24.3 Å². The summed E-state index contributed by atoms with van der Waals surface area (Å²) >= 11 is 0. The van der Waals surface area contributed by atoms with E-state index in [0.29, 0.717) is 13.0 Å². The monoisotopic (exact) mass is 317 g/mol. The van der Waals surface area contributed by atoms with Crippen LogP contribution >= 0.6 is 0 Å². The SMILES string of the molecule is CCCC(=O)Nc1cccc(NCC(=O)N2CCC(C)CC2)c1. The number of carbonyl (C=O) groups is 2. The van der Waals surface area contributed by atoms with Crippen molar-refractivity contribution < 1.29 is 9.59 Å². The van der Waals surface area contributed by atoms with E-state index >= 15 is 0 Å². The van der Waals surface area contributed by atoms with Gasteiger partial charge in [-0.25, -0.2) is 0 Å². The Balaban J connectivity index is 1.83. The van der Waals surface area contributed by atoms with Gasteiger partial charge >= 0.3 is 0 Å². The van der Waals surface area contributed by atoms with E-state index in [1.807, 2.05) is 36.1 Å². The predicted octanol–water partition coefficient (Wildman–Crippen LogP) is 3.10. The summed E-state index contributed by atoms with van der Waals surface area (Å²) in [5, 5.41) is 6.02. The molecule has 0 radical (unpaired) electrons. The van der Waals surface area contributed by atoms with Gasteiger partial charge in [-0.1, -0.05) is 19.9 Å². The van der Waals surface area contributed by atoms with Gasteiger partial charge in [-0.2, -0.15) is 0 Å². The third-order valence-corrected chi connectivity index (χ3v) is 4.20. The number of nitrogens with zero attached hydrogens (tertiary/aromatic N) is 1. The lowest BCUT2D eigenvalue weighted by atomic mass is 9.99. The summed E-state index contributed by atoms with van der Waals surface area (Å²) in [5.41, 5.74) is 1.60. The van der Waals surface area contributed by atoms with E-state index in [1.165, 1.54) is 0 Å². The molecule has 23 heavy (non-hydrogen) atoms. The number of anilines is 2. The van der Waals surface area contributed by atoms with E-state index in [1.54, 1.807) is 0 Å². The van der Waals surface area contributed by atoms with Crippen molar-refractivity contribution in [2.75, 3.05) is 30.3 Å². The zero-order chi connectivity index (χ0) is 16.7. The van der Waals surface area contributed by atoms with Crippen molar-refractivity contribution in [3.8, 4) is 0 Å². The normalized spacial score (nSPS) is 15.3. The first-order chi connectivity index (χ1) is 11.1. The predicted molar refractivity (Wildman–Crippen MR) is 93.4 cm³/mol. The molecule has 126 valence electrons. The Kier molecular flexibility index (Phi) is 6.44. The maximum Gasteiger partial charge on any atom is 0.241 e. The van der Waals surface area contributed by atoms with E-state index in [0.717, 1.165) is 49.6 Å². The highest BCUT2D eigenvalue weighted by Crippen LogP contribution is 2.17. The first-order valence-electron chi connectivity index (χ1n) is 8.50. The van der Waals surface area contributed by atoms with Gasteiger partial charge in [0.25, 0.3) is 0 Å². The number of benzene rings is 1. The van der Waals surface area contributed by atoms with Crippen molar-refractivity contribution in [1.82, 2.24) is 4.90 Å². The van der Waals surface area contributed by atoms with Crippen LogP contribution in [0.1, 0.15) is 39.5 Å². The van der Waals surface area contributed by atoms with Crippen molar-refractivity contribution in [3.05, 3.63) is 24.3 Å². The molecule has 0 atom stereocenters. The van der Waals surface area contributed by atoms with Crippen LogP contribution < -0.4 is 10.6 Å². The summed E-state index contributed by atoms with van der Waals surface area (Å²) in [6, 6.07) is 7.49. The summed E-state index contributed by atoms with van der Waals surface area (Å²) in [7, 11) is 0. The molecule has 5 heteroatoms. The summed E-state index contributed by atoms with van der Waals surface area (Å²) in [6.45, 7) is 6.22. The maximum absolute atomic E-state index is 12.2. The van der Waals surface area contributed by atoms with Crippen LogP contribution in [0.2, 0.25) is 0 Å². The molecule has 0 aliphatic carbocycles. The van der Waals surface area contributed by atoms with Gasteiger partial charge in [0.15, 0.2) is 0 Å². The van der Waals surface area contributed by atoms with Crippen LogP contribution in [0.5, 0.6) is 0 Å². The molecular weight excluding hydrogens is 290 g/mol. The molecule has 0 aromatic heterocycles. The zero-order valence-electron chi connectivity index (χ0n) is 14.1. The molecule has 0 bridgehead atoms. The van der Waals surface area contributed by atoms with Gasteiger partial charge in [-0.3, -0.25) is 9.59 Å². The minimum atomic E-state index is 0.0168. The molecule has 1 aromatic rings. The Morgan fingerprint density at radius 1 is 1.22 bits per heavy atom. The van der Waals surface area contributed by atoms with Crippen LogP contribution in [0.25, 0.3) is 0 Å². The first-order valence-corrected chi connectivity index (χ1v) is 8.50. The van der Waals surface area contributed by atoms with Crippen molar-refractivity contribution in [2.24, 2.45) is 5.92 Å². The lowest BCUT2D eigenvalue weighted by Crippen LogP contribution is -2.40.